The minimum atomic E-state index is -0.391. The van der Waals surface area contributed by atoms with Crippen LogP contribution in [0.4, 0.5) is 0 Å². The normalized spacial score (nSPS) is 23.5. The molecule has 1 aromatic rings. The first kappa shape index (κ1) is 18.5. The second-order valence-corrected chi connectivity index (χ2v) is 7.02. The van der Waals surface area contributed by atoms with Crippen molar-refractivity contribution in [2.75, 3.05) is 6.61 Å². The molecule has 2 rings (SSSR count). The first-order chi connectivity index (χ1) is 11.5. The molecule has 0 aromatic heterocycles. The molecule has 0 radical (unpaired) electrons. The number of benzene rings is 1. The summed E-state index contributed by atoms with van der Waals surface area (Å²) in [5.74, 6) is 0.403. The Morgan fingerprint density at radius 1 is 1.04 bits per heavy atom. The van der Waals surface area contributed by atoms with Gasteiger partial charge in [-0.1, -0.05) is 33.3 Å². The summed E-state index contributed by atoms with van der Waals surface area (Å²) in [4.78, 5) is 24.4. The monoisotopic (exact) mass is 332 g/mol. The van der Waals surface area contributed by atoms with Crippen molar-refractivity contribution >= 4 is 11.9 Å². The molecule has 0 aliphatic heterocycles. The van der Waals surface area contributed by atoms with Crippen LogP contribution in [-0.4, -0.2) is 24.6 Å². The van der Waals surface area contributed by atoms with E-state index in [0.717, 1.165) is 25.7 Å². The number of ether oxygens (including phenoxy) is 2. The van der Waals surface area contributed by atoms with Crippen molar-refractivity contribution in [1.82, 2.24) is 0 Å². The number of carbonyl (C=O) groups excluding carboxylic acids is 2. The third kappa shape index (κ3) is 5.36. The van der Waals surface area contributed by atoms with Gasteiger partial charge >= 0.3 is 11.9 Å². The van der Waals surface area contributed by atoms with Gasteiger partial charge in [-0.15, -0.1) is 0 Å². The Morgan fingerprint density at radius 2 is 1.67 bits per heavy atom. The largest absolute Gasteiger partial charge is 0.462 e. The lowest BCUT2D eigenvalue weighted by molar-refractivity contribution is 0.00805. The van der Waals surface area contributed by atoms with Crippen LogP contribution >= 0.6 is 0 Å². The average Bonchev–Trinajstić information content (AvgIpc) is 2.54. The van der Waals surface area contributed by atoms with E-state index in [1.54, 1.807) is 24.3 Å². The zero-order chi connectivity index (χ0) is 17.5. The van der Waals surface area contributed by atoms with Crippen LogP contribution in [0.1, 0.15) is 73.6 Å². The molecule has 132 valence electrons. The van der Waals surface area contributed by atoms with E-state index in [-0.39, 0.29) is 12.1 Å². The minimum Gasteiger partial charge on any atom is -0.462 e. The van der Waals surface area contributed by atoms with Gasteiger partial charge in [0, 0.05) is 0 Å². The van der Waals surface area contributed by atoms with Crippen LogP contribution in [0.15, 0.2) is 24.3 Å². The zero-order valence-corrected chi connectivity index (χ0v) is 14.9. The van der Waals surface area contributed by atoms with Crippen LogP contribution in [0.25, 0.3) is 0 Å². The first-order valence-electron chi connectivity index (χ1n) is 8.97. The van der Waals surface area contributed by atoms with Crippen molar-refractivity contribution in [3.63, 3.8) is 0 Å². The van der Waals surface area contributed by atoms with Crippen LogP contribution in [0, 0.1) is 11.8 Å². The Balaban J connectivity index is 1.97. The maximum Gasteiger partial charge on any atom is 0.338 e. The van der Waals surface area contributed by atoms with Crippen LogP contribution in [0.5, 0.6) is 0 Å². The summed E-state index contributed by atoms with van der Waals surface area (Å²) in [6, 6.07) is 6.60. The summed E-state index contributed by atoms with van der Waals surface area (Å²) in [7, 11) is 0. The van der Waals surface area contributed by atoms with Crippen molar-refractivity contribution in [2.45, 2.75) is 59.0 Å². The number of unbranched alkanes of at least 4 members (excludes halogenated alkanes) is 1. The summed E-state index contributed by atoms with van der Waals surface area (Å²) in [5, 5.41) is 0. The predicted octanol–water partition coefficient (Wildman–Crippen LogP) is 4.63. The lowest BCUT2D eigenvalue weighted by Crippen LogP contribution is -2.28. The Labute approximate surface area is 144 Å². The topological polar surface area (TPSA) is 52.6 Å². The van der Waals surface area contributed by atoms with Crippen molar-refractivity contribution < 1.29 is 19.1 Å². The second kappa shape index (κ2) is 8.86. The molecule has 4 nitrogen and oxygen atoms in total. The fourth-order valence-corrected chi connectivity index (χ4v) is 3.35. The number of hydrogen-bond acceptors (Lipinski definition) is 4. The van der Waals surface area contributed by atoms with Gasteiger partial charge in [0.25, 0.3) is 0 Å². The predicted molar refractivity (Wildman–Crippen MR) is 93.0 cm³/mol. The highest BCUT2D eigenvalue weighted by atomic mass is 16.5. The molecule has 4 heteroatoms. The quantitative estimate of drug-likeness (QED) is 0.563. The summed E-state index contributed by atoms with van der Waals surface area (Å²) in [5.41, 5.74) is 0.803. The van der Waals surface area contributed by atoms with E-state index in [9.17, 15) is 9.59 Å². The SMILES string of the molecule is CCCCOC(=O)c1cccc(C(=O)OC2CC(C)CC(C)C2)c1. The smallest absolute Gasteiger partial charge is 0.338 e. The third-order valence-corrected chi connectivity index (χ3v) is 4.47. The van der Waals surface area contributed by atoms with Gasteiger partial charge in [-0.05, 0) is 55.7 Å². The van der Waals surface area contributed by atoms with Gasteiger partial charge in [0.2, 0.25) is 0 Å². The van der Waals surface area contributed by atoms with E-state index in [2.05, 4.69) is 13.8 Å². The number of hydrogen-bond donors (Lipinski definition) is 0. The molecular weight excluding hydrogens is 304 g/mol. The van der Waals surface area contributed by atoms with Crippen LogP contribution < -0.4 is 0 Å². The fourth-order valence-electron chi connectivity index (χ4n) is 3.35. The zero-order valence-electron chi connectivity index (χ0n) is 14.9. The lowest BCUT2D eigenvalue weighted by atomic mass is 9.82. The number of rotatable bonds is 6. The molecule has 1 aromatic carbocycles. The average molecular weight is 332 g/mol. The van der Waals surface area contributed by atoms with Gasteiger partial charge in [-0.2, -0.15) is 0 Å². The van der Waals surface area contributed by atoms with Crippen molar-refractivity contribution in [3.05, 3.63) is 35.4 Å². The molecule has 1 fully saturated rings. The van der Waals surface area contributed by atoms with Crippen LogP contribution in [-0.2, 0) is 9.47 Å². The highest BCUT2D eigenvalue weighted by molar-refractivity contribution is 5.95. The maximum atomic E-state index is 12.4. The molecule has 1 aliphatic carbocycles. The Morgan fingerprint density at radius 3 is 2.29 bits per heavy atom. The summed E-state index contributed by atoms with van der Waals surface area (Å²) < 4.78 is 10.9. The molecule has 2 atom stereocenters. The van der Waals surface area contributed by atoms with Crippen LogP contribution in [0.3, 0.4) is 0 Å². The van der Waals surface area contributed by atoms with E-state index < -0.39 is 5.97 Å². The van der Waals surface area contributed by atoms with E-state index in [1.165, 1.54) is 6.42 Å². The van der Waals surface area contributed by atoms with E-state index in [4.69, 9.17) is 9.47 Å². The maximum absolute atomic E-state index is 12.4. The Bertz CT molecular complexity index is 557. The molecule has 0 saturated heterocycles. The summed E-state index contributed by atoms with van der Waals surface area (Å²) in [6.45, 7) is 6.84. The summed E-state index contributed by atoms with van der Waals surface area (Å²) >= 11 is 0. The standard InChI is InChI=1S/C20H28O4/c1-4-5-9-23-19(21)16-7-6-8-17(13-16)20(22)24-18-11-14(2)10-15(3)12-18/h6-8,13-15,18H,4-5,9-12H2,1-3H3. The molecule has 0 heterocycles. The van der Waals surface area contributed by atoms with Crippen molar-refractivity contribution in [3.8, 4) is 0 Å². The molecule has 0 amide bonds. The van der Waals surface area contributed by atoms with E-state index in [0.29, 0.717) is 29.6 Å². The third-order valence-electron chi connectivity index (χ3n) is 4.47. The Kier molecular flexibility index (Phi) is 6.83. The highest BCUT2D eigenvalue weighted by Crippen LogP contribution is 2.30. The van der Waals surface area contributed by atoms with Crippen molar-refractivity contribution in [2.24, 2.45) is 11.8 Å². The molecular formula is C20H28O4. The van der Waals surface area contributed by atoms with Gasteiger partial charge in [0.05, 0.1) is 17.7 Å². The second-order valence-electron chi connectivity index (χ2n) is 7.02. The minimum absolute atomic E-state index is 0.0311. The fraction of sp³-hybridized carbons (Fsp3) is 0.600. The van der Waals surface area contributed by atoms with Crippen LogP contribution in [0.2, 0.25) is 0 Å². The highest BCUT2D eigenvalue weighted by Gasteiger charge is 2.27. The molecule has 0 N–H and O–H groups in total. The van der Waals surface area contributed by atoms with E-state index in [1.807, 2.05) is 6.92 Å². The van der Waals surface area contributed by atoms with Gasteiger partial charge in [0.1, 0.15) is 6.10 Å². The Hall–Kier alpha value is -1.84. The molecule has 0 bridgehead atoms. The molecule has 0 spiro atoms. The first-order valence-corrected chi connectivity index (χ1v) is 8.97. The van der Waals surface area contributed by atoms with Gasteiger partial charge in [-0.3, -0.25) is 0 Å². The summed E-state index contributed by atoms with van der Waals surface area (Å²) in [6.07, 6.45) is 4.79. The molecule has 1 saturated carbocycles. The van der Waals surface area contributed by atoms with Gasteiger partial charge in [-0.25, -0.2) is 9.59 Å². The number of esters is 2. The molecule has 1 aliphatic rings. The molecule has 2 unspecified atom stereocenters. The van der Waals surface area contributed by atoms with E-state index >= 15 is 0 Å². The number of carbonyl (C=O) groups is 2. The molecule has 24 heavy (non-hydrogen) atoms. The van der Waals surface area contributed by atoms with Gasteiger partial charge in [0.15, 0.2) is 0 Å². The van der Waals surface area contributed by atoms with Crippen molar-refractivity contribution in [1.29, 1.82) is 0 Å². The van der Waals surface area contributed by atoms with Gasteiger partial charge < -0.3 is 9.47 Å². The lowest BCUT2D eigenvalue weighted by Gasteiger charge is -2.31.